The van der Waals surface area contributed by atoms with E-state index < -0.39 is 14.9 Å². The number of non-ortho nitro benzene ring substituents is 1. The molecule has 0 aliphatic carbocycles. The molecule has 0 saturated carbocycles. The Kier molecular flexibility index (Phi) is 5.58. The van der Waals surface area contributed by atoms with Crippen molar-refractivity contribution in [3.63, 3.8) is 0 Å². The third-order valence-corrected chi connectivity index (χ3v) is 8.19. The minimum atomic E-state index is -3.95. The molecule has 1 N–H and O–H groups in total. The van der Waals surface area contributed by atoms with Gasteiger partial charge >= 0.3 is 0 Å². The number of hydrogen-bond donors (Lipinski definition) is 1. The number of pyridine rings is 1. The van der Waals surface area contributed by atoms with Gasteiger partial charge in [0, 0.05) is 52.8 Å². The fourth-order valence-corrected chi connectivity index (χ4v) is 5.88. The number of nitrogens with zero attached hydrogens (tertiary/aromatic N) is 3. The number of nitro benzene ring substituents is 1. The maximum atomic E-state index is 12.7. The smallest absolute Gasteiger partial charge is 0.269 e. The van der Waals surface area contributed by atoms with Crippen molar-refractivity contribution in [1.82, 2.24) is 9.88 Å². The number of fused-ring (bicyclic) bond motifs is 1. The number of nitro groups is 1. The summed E-state index contributed by atoms with van der Waals surface area (Å²) in [5.41, 5.74) is 3.55. The van der Waals surface area contributed by atoms with E-state index in [-0.39, 0.29) is 22.2 Å². The van der Waals surface area contributed by atoms with Crippen molar-refractivity contribution >= 4 is 38.6 Å². The van der Waals surface area contributed by atoms with Gasteiger partial charge in [-0.25, -0.2) is 8.42 Å². The second kappa shape index (κ2) is 8.60. The molecule has 1 aliphatic heterocycles. The average Bonchev–Trinajstić information content (AvgIpc) is 3.44. The molecule has 0 atom stereocenters. The van der Waals surface area contributed by atoms with Gasteiger partial charge in [-0.15, -0.1) is 11.3 Å². The number of nitrogens with one attached hydrogen (secondary N) is 1. The highest BCUT2D eigenvalue weighted by Crippen LogP contribution is 2.37. The number of rotatable bonds is 6. The first kappa shape index (κ1) is 22.7. The molecule has 176 valence electrons. The molecule has 0 bridgehead atoms. The van der Waals surface area contributed by atoms with Gasteiger partial charge in [-0.3, -0.25) is 24.6 Å². The van der Waals surface area contributed by atoms with Gasteiger partial charge in [0.15, 0.2) is 0 Å². The number of thiophene rings is 1. The molecule has 0 fully saturated rings. The summed E-state index contributed by atoms with van der Waals surface area (Å²) in [7, 11) is -2.17. The second-order valence-electron chi connectivity index (χ2n) is 8.02. The monoisotopic (exact) mass is 506 g/mol. The Hall–Kier alpha value is -4.09. The Labute approximate surface area is 204 Å². The largest absolute Gasteiger partial charge is 0.337 e. The average molecular weight is 507 g/mol. The van der Waals surface area contributed by atoms with E-state index in [1.54, 1.807) is 24.2 Å². The predicted octanol–water partition coefficient (Wildman–Crippen LogP) is 4.77. The highest BCUT2D eigenvalue weighted by atomic mass is 32.2. The van der Waals surface area contributed by atoms with E-state index in [0.717, 1.165) is 44.1 Å². The standard InChI is InChI=1S/C24H18N4O5S2/c1-27-14-17-10-15(2-7-21(17)24(27)29)22-8-9-23(34-22)16-11-18(13-25-12-16)26-35(32,33)20-5-3-19(4-6-20)28(30)31/h2-13,26H,14H2,1H3. The maximum Gasteiger partial charge on any atom is 0.269 e. The third kappa shape index (κ3) is 4.38. The van der Waals surface area contributed by atoms with Gasteiger partial charge in [0.1, 0.15) is 0 Å². The van der Waals surface area contributed by atoms with Crippen LogP contribution in [0.15, 0.2) is 78.0 Å². The summed E-state index contributed by atoms with van der Waals surface area (Å²) in [4.78, 5) is 30.0. The van der Waals surface area contributed by atoms with Crippen LogP contribution in [-0.4, -0.2) is 36.2 Å². The lowest BCUT2D eigenvalue weighted by molar-refractivity contribution is -0.384. The van der Waals surface area contributed by atoms with Crippen molar-refractivity contribution in [2.45, 2.75) is 11.4 Å². The van der Waals surface area contributed by atoms with Gasteiger partial charge in [0.05, 0.1) is 21.7 Å². The Morgan fingerprint density at radius 3 is 2.43 bits per heavy atom. The Morgan fingerprint density at radius 2 is 1.71 bits per heavy atom. The minimum Gasteiger partial charge on any atom is -0.337 e. The molecule has 3 heterocycles. The molecule has 0 unspecified atom stereocenters. The first-order chi connectivity index (χ1) is 16.7. The fraction of sp³-hybridized carbons (Fsp3) is 0.0833. The fourth-order valence-electron chi connectivity index (χ4n) is 3.86. The number of hydrogen-bond acceptors (Lipinski definition) is 7. The van der Waals surface area contributed by atoms with Crippen molar-refractivity contribution in [2.24, 2.45) is 0 Å². The summed E-state index contributed by atoms with van der Waals surface area (Å²) < 4.78 is 27.9. The Morgan fingerprint density at radius 1 is 1.00 bits per heavy atom. The number of anilines is 1. The number of benzene rings is 2. The number of sulfonamides is 1. The Balaban J connectivity index is 1.38. The van der Waals surface area contributed by atoms with Crippen molar-refractivity contribution in [3.05, 3.63) is 94.3 Å². The predicted molar refractivity (Wildman–Crippen MR) is 133 cm³/mol. The van der Waals surface area contributed by atoms with E-state index >= 15 is 0 Å². The van der Waals surface area contributed by atoms with E-state index in [9.17, 15) is 23.3 Å². The van der Waals surface area contributed by atoms with E-state index in [1.807, 2.05) is 30.3 Å². The normalized spacial score (nSPS) is 13.1. The van der Waals surface area contributed by atoms with Gasteiger partial charge in [-0.05, 0) is 53.6 Å². The summed E-state index contributed by atoms with van der Waals surface area (Å²) in [5.74, 6) is 0.0255. The lowest BCUT2D eigenvalue weighted by Gasteiger charge is -2.08. The summed E-state index contributed by atoms with van der Waals surface area (Å²) in [6.07, 6.45) is 3.05. The van der Waals surface area contributed by atoms with Crippen LogP contribution in [0.2, 0.25) is 0 Å². The van der Waals surface area contributed by atoms with Gasteiger partial charge in [0.25, 0.3) is 21.6 Å². The molecule has 2 aromatic carbocycles. The molecule has 5 rings (SSSR count). The van der Waals surface area contributed by atoms with Crippen molar-refractivity contribution < 1.29 is 18.1 Å². The zero-order chi connectivity index (χ0) is 24.7. The van der Waals surface area contributed by atoms with Gasteiger partial charge < -0.3 is 4.90 Å². The van der Waals surface area contributed by atoms with Crippen molar-refractivity contribution in [3.8, 4) is 20.9 Å². The van der Waals surface area contributed by atoms with Crippen LogP contribution in [0.4, 0.5) is 11.4 Å². The molecular weight excluding hydrogens is 488 g/mol. The summed E-state index contributed by atoms with van der Waals surface area (Å²) in [6, 6.07) is 16.1. The molecule has 1 aliphatic rings. The lowest BCUT2D eigenvalue weighted by atomic mass is 10.1. The number of carbonyl (C=O) groups excluding carboxylic acids is 1. The van der Waals surface area contributed by atoms with Crippen LogP contribution >= 0.6 is 11.3 Å². The molecule has 11 heteroatoms. The lowest BCUT2D eigenvalue weighted by Crippen LogP contribution is -2.17. The SMILES string of the molecule is CN1Cc2cc(-c3ccc(-c4cncc(NS(=O)(=O)c5ccc([N+](=O)[O-])cc5)c4)s3)ccc2C1=O. The molecule has 35 heavy (non-hydrogen) atoms. The molecule has 1 amide bonds. The van der Waals surface area contributed by atoms with E-state index in [0.29, 0.717) is 6.54 Å². The van der Waals surface area contributed by atoms with Crippen molar-refractivity contribution in [2.75, 3.05) is 11.8 Å². The molecule has 4 aromatic rings. The first-order valence-electron chi connectivity index (χ1n) is 10.4. The third-order valence-electron chi connectivity index (χ3n) is 5.61. The molecule has 2 aromatic heterocycles. The first-order valence-corrected chi connectivity index (χ1v) is 12.7. The van der Waals surface area contributed by atoms with Crippen molar-refractivity contribution in [1.29, 1.82) is 0 Å². The van der Waals surface area contributed by atoms with E-state index in [4.69, 9.17) is 0 Å². The highest BCUT2D eigenvalue weighted by Gasteiger charge is 2.24. The number of carbonyl (C=O) groups is 1. The van der Waals surface area contributed by atoms with Gasteiger partial charge in [-0.1, -0.05) is 6.07 Å². The second-order valence-corrected chi connectivity index (χ2v) is 10.8. The zero-order valence-electron chi connectivity index (χ0n) is 18.3. The molecule has 0 saturated heterocycles. The number of aromatic nitrogens is 1. The van der Waals surface area contributed by atoms with E-state index in [2.05, 4.69) is 9.71 Å². The van der Waals surface area contributed by atoms with Gasteiger partial charge in [0.2, 0.25) is 0 Å². The Bertz CT molecular complexity index is 1580. The van der Waals surface area contributed by atoms with Crippen LogP contribution < -0.4 is 4.72 Å². The summed E-state index contributed by atoms with van der Waals surface area (Å²) in [6.45, 7) is 0.584. The molecular formula is C24H18N4O5S2. The highest BCUT2D eigenvalue weighted by molar-refractivity contribution is 7.92. The summed E-state index contributed by atoms with van der Waals surface area (Å²) in [5, 5.41) is 10.8. The molecule has 9 nitrogen and oxygen atoms in total. The van der Waals surface area contributed by atoms with E-state index in [1.165, 1.54) is 29.7 Å². The van der Waals surface area contributed by atoms with Gasteiger partial charge in [-0.2, -0.15) is 0 Å². The minimum absolute atomic E-state index is 0.0255. The quantitative estimate of drug-likeness (QED) is 0.297. The topological polar surface area (TPSA) is 123 Å². The van der Waals surface area contributed by atoms with Crippen LogP contribution in [-0.2, 0) is 16.6 Å². The number of amides is 1. The van der Waals surface area contributed by atoms with Crippen LogP contribution in [0.1, 0.15) is 15.9 Å². The maximum absolute atomic E-state index is 12.7. The van der Waals surface area contributed by atoms with Crippen LogP contribution in [0.5, 0.6) is 0 Å². The summed E-state index contributed by atoms with van der Waals surface area (Å²) >= 11 is 1.53. The van der Waals surface area contributed by atoms with Crippen LogP contribution in [0, 0.1) is 10.1 Å². The molecule has 0 spiro atoms. The van der Waals surface area contributed by atoms with Crippen LogP contribution in [0.3, 0.4) is 0 Å². The molecule has 0 radical (unpaired) electrons. The van der Waals surface area contributed by atoms with Crippen LogP contribution in [0.25, 0.3) is 20.9 Å². The zero-order valence-corrected chi connectivity index (χ0v) is 20.0.